The van der Waals surface area contributed by atoms with Crippen LogP contribution in [0, 0.1) is 11.2 Å². The van der Waals surface area contributed by atoms with Gasteiger partial charge in [-0.1, -0.05) is 6.42 Å². The van der Waals surface area contributed by atoms with Gasteiger partial charge in [0.1, 0.15) is 0 Å². The molecule has 1 aliphatic rings. The van der Waals surface area contributed by atoms with Gasteiger partial charge in [-0.2, -0.15) is 0 Å². The Hall–Kier alpha value is -1.72. The molecule has 17 heavy (non-hydrogen) atoms. The minimum absolute atomic E-state index is 0.154. The third-order valence-corrected chi connectivity index (χ3v) is 3.18. The first-order valence-corrected chi connectivity index (χ1v) is 5.53. The van der Waals surface area contributed by atoms with Gasteiger partial charge in [0, 0.05) is 6.54 Å². The van der Waals surface area contributed by atoms with E-state index in [-0.39, 0.29) is 11.8 Å². The molecule has 6 heteroatoms. The molecule has 1 heterocycles. The highest BCUT2D eigenvalue weighted by molar-refractivity contribution is 5.68. The summed E-state index contributed by atoms with van der Waals surface area (Å²) < 4.78 is 12.6. The standard InChI is InChI=1S/C11H14FN3O2/c12-8-5-13-10(14-6-8)15-7-11(2-1-3-11)4-9(16)17/h5-6H,1-4,7H2,(H,16,17)(H,13,14,15). The SMILES string of the molecule is O=C(O)CC1(CNc2ncc(F)cn2)CCC1. The van der Waals surface area contributed by atoms with Gasteiger partial charge in [-0.25, -0.2) is 14.4 Å². The molecule has 0 atom stereocenters. The van der Waals surface area contributed by atoms with E-state index >= 15 is 0 Å². The number of nitrogens with zero attached hydrogens (tertiary/aromatic N) is 2. The number of nitrogens with one attached hydrogen (secondary N) is 1. The number of aromatic nitrogens is 2. The highest BCUT2D eigenvalue weighted by atomic mass is 19.1. The van der Waals surface area contributed by atoms with E-state index in [0.29, 0.717) is 12.5 Å². The Morgan fingerprint density at radius 2 is 2.12 bits per heavy atom. The van der Waals surface area contributed by atoms with Crippen molar-refractivity contribution in [3.63, 3.8) is 0 Å². The fourth-order valence-corrected chi connectivity index (χ4v) is 2.08. The molecule has 92 valence electrons. The van der Waals surface area contributed by atoms with Crippen molar-refractivity contribution in [2.75, 3.05) is 11.9 Å². The van der Waals surface area contributed by atoms with E-state index in [1.165, 1.54) is 0 Å². The number of carboxylic acid groups (broad SMARTS) is 1. The lowest BCUT2D eigenvalue weighted by Crippen LogP contribution is -2.38. The second-order valence-electron chi connectivity index (χ2n) is 4.50. The summed E-state index contributed by atoms with van der Waals surface area (Å²) in [5.74, 6) is -0.936. The van der Waals surface area contributed by atoms with Gasteiger partial charge in [-0.05, 0) is 18.3 Å². The largest absolute Gasteiger partial charge is 0.481 e. The summed E-state index contributed by atoms with van der Waals surface area (Å²) in [6.45, 7) is 0.519. The van der Waals surface area contributed by atoms with E-state index in [0.717, 1.165) is 31.7 Å². The minimum Gasteiger partial charge on any atom is -0.481 e. The lowest BCUT2D eigenvalue weighted by molar-refractivity contribution is -0.141. The molecule has 1 aromatic rings. The van der Waals surface area contributed by atoms with Gasteiger partial charge < -0.3 is 10.4 Å². The van der Waals surface area contributed by atoms with Crippen LogP contribution in [0.1, 0.15) is 25.7 Å². The van der Waals surface area contributed by atoms with Crippen LogP contribution >= 0.6 is 0 Å². The molecule has 1 aromatic heterocycles. The first kappa shape index (κ1) is 11.8. The molecule has 1 fully saturated rings. The first-order valence-electron chi connectivity index (χ1n) is 5.53. The van der Waals surface area contributed by atoms with E-state index in [9.17, 15) is 9.18 Å². The summed E-state index contributed by atoms with van der Waals surface area (Å²) in [5, 5.41) is 11.8. The van der Waals surface area contributed by atoms with Gasteiger partial charge in [-0.3, -0.25) is 4.79 Å². The summed E-state index contributed by atoms with van der Waals surface area (Å²) in [6, 6.07) is 0. The molecule has 0 saturated heterocycles. The van der Waals surface area contributed by atoms with E-state index in [1.807, 2.05) is 0 Å². The lowest BCUT2D eigenvalue weighted by Gasteiger charge is -2.40. The number of halogens is 1. The molecule has 2 rings (SSSR count). The quantitative estimate of drug-likeness (QED) is 0.817. The Bertz CT molecular complexity index is 404. The van der Waals surface area contributed by atoms with Crippen LogP contribution in [-0.4, -0.2) is 27.6 Å². The zero-order chi connectivity index (χ0) is 12.3. The maximum Gasteiger partial charge on any atom is 0.303 e. The molecular formula is C11H14FN3O2. The average molecular weight is 239 g/mol. The van der Waals surface area contributed by atoms with Gasteiger partial charge in [-0.15, -0.1) is 0 Å². The minimum atomic E-state index is -0.786. The van der Waals surface area contributed by atoms with Crippen molar-refractivity contribution in [1.29, 1.82) is 0 Å². The Labute approximate surface area is 98.1 Å². The first-order chi connectivity index (χ1) is 8.10. The maximum atomic E-state index is 12.6. The summed E-state index contributed by atoms with van der Waals surface area (Å²) in [6.07, 6.45) is 5.17. The van der Waals surface area contributed by atoms with Gasteiger partial charge >= 0.3 is 5.97 Å². The summed E-state index contributed by atoms with van der Waals surface area (Å²) in [7, 11) is 0. The Balaban J connectivity index is 1.92. The monoisotopic (exact) mass is 239 g/mol. The number of rotatable bonds is 5. The second-order valence-corrected chi connectivity index (χ2v) is 4.50. The molecule has 0 radical (unpaired) electrons. The highest BCUT2D eigenvalue weighted by Crippen LogP contribution is 2.43. The van der Waals surface area contributed by atoms with Crippen LogP contribution in [0.15, 0.2) is 12.4 Å². The van der Waals surface area contributed by atoms with Crippen molar-refractivity contribution in [3.05, 3.63) is 18.2 Å². The van der Waals surface area contributed by atoms with Crippen molar-refractivity contribution in [2.45, 2.75) is 25.7 Å². The van der Waals surface area contributed by atoms with Crippen LogP contribution in [0.2, 0.25) is 0 Å². The lowest BCUT2D eigenvalue weighted by atomic mass is 9.66. The predicted molar refractivity (Wildman–Crippen MR) is 59.0 cm³/mol. The molecule has 2 N–H and O–H groups in total. The molecule has 0 amide bonds. The van der Waals surface area contributed by atoms with Crippen LogP contribution in [0.4, 0.5) is 10.3 Å². The van der Waals surface area contributed by atoms with E-state index < -0.39 is 11.8 Å². The van der Waals surface area contributed by atoms with Crippen LogP contribution in [0.5, 0.6) is 0 Å². The fraction of sp³-hybridized carbons (Fsp3) is 0.545. The van der Waals surface area contributed by atoms with Crippen LogP contribution in [0.3, 0.4) is 0 Å². The number of anilines is 1. The molecule has 0 spiro atoms. The third-order valence-electron chi connectivity index (χ3n) is 3.18. The fourth-order valence-electron chi connectivity index (χ4n) is 2.08. The maximum absolute atomic E-state index is 12.6. The summed E-state index contributed by atoms with van der Waals surface area (Å²) in [5.41, 5.74) is -0.191. The van der Waals surface area contributed by atoms with Gasteiger partial charge in [0.05, 0.1) is 18.8 Å². The van der Waals surface area contributed by atoms with Crippen molar-refractivity contribution < 1.29 is 14.3 Å². The summed E-state index contributed by atoms with van der Waals surface area (Å²) in [4.78, 5) is 18.3. The zero-order valence-corrected chi connectivity index (χ0v) is 9.32. The normalized spacial score (nSPS) is 17.2. The van der Waals surface area contributed by atoms with Crippen LogP contribution < -0.4 is 5.32 Å². The number of carbonyl (C=O) groups is 1. The molecule has 0 bridgehead atoms. The van der Waals surface area contributed by atoms with Gasteiger partial charge in [0.2, 0.25) is 5.95 Å². The molecular weight excluding hydrogens is 225 g/mol. The smallest absolute Gasteiger partial charge is 0.303 e. The van der Waals surface area contributed by atoms with E-state index in [1.54, 1.807) is 0 Å². The van der Waals surface area contributed by atoms with Crippen molar-refractivity contribution >= 4 is 11.9 Å². The number of carboxylic acids is 1. The number of hydrogen-bond donors (Lipinski definition) is 2. The molecule has 0 unspecified atom stereocenters. The molecule has 0 aromatic carbocycles. The Morgan fingerprint density at radius 3 is 2.59 bits per heavy atom. The zero-order valence-electron chi connectivity index (χ0n) is 9.32. The Kier molecular flexibility index (Phi) is 3.21. The van der Waals surface area contributed by atoms with Gasteiger partial charge in [0.25, 0.3) is 0 Å². The average Bonchev–Trinajstić information content (AvgIpc) is 2.23. The van der Waals surface area contributed by atoms with E-state index in [2.05, 4.69) is 15.3 Å². The van der Waals surface area contributed by atoms with Crippen LogP contribution in [-0.2, 0) is 4.79 Å². The van der Waals surface area contributed by atoms with Crippen molar-refractivity contribution in [1.82, 2.24) is 9.97 Å². The topological polar surface area (TPSA) is 75.1 Å². The second kappa shape index (κ2) is 4.65. The Morgan fingerprint density at radius 1 is 1.47 bits per heavy atom. The summed E-state index contributed by atoms with van der Waals surface area (Å²) >= 11 is 0. The van der Waals surface area contributed by atoms with Crippen molar-refractivity contribution in [2.24, 2.45) is 5.41 Å². The predicted octanol–water partition coefficient (Wildman–Crippen LogP) is 1.67. The van der Waals surface area contributed by atoms with Crippen molar-refractivity contribution in [3.8, 4) is 0 Å². The number of hydrogen-bond acceptors (Lipinski definition) is 4. The third kappa shape index (κ3) is 2.89. The number of aliphatic carboxylic acids is 1. The van der Waals surface area contributed by atoms with E-state index in [4.69, 9.17) is 5.11 Å². The molecule has 0 aliphatic heterocycles. The molecule has 5 nitrogen and oxygen atoms in total. The van der Waals surface area contributed by atoms with Crippen LogP contribution in [0.25, 0.3) is 0 Å². The molecule has 1 saturated carbocycles. The highest BCUT2D eigenvalue weighted by Gasteiger charge is 2.38. The van der Waals surface area contributed by atoms with Gasteiger partial charge in [0.15, 0.2) is 5.82 Å². The molecule has 1 aliphatic carbocycles.